The van der Waals surface area contributed by atoms with Gasteiger partial charge in [-0.2, -0.15) is 5.10 Å². The molecule has 2 N–H and O–H groups in total. The predicted octanol–water partition coefficient (Wildman–Crippen LogP) is 3.52. The standard InChI is InChI=1S/C21H20ClF2N5O4S/c1-34(31,32)16-7-9-29(12-16)19-17(18-6-8-26-28-18)10-13(11-25-19)20(30)27-14-2-4-15(5-3-14)33-21(22,23)24/h2-6,8,10-11,16H,7,9,12H2,1H3,(H,26,28)(H,27,30)/t16-/m0/s1. The molecular weight excluding hydrogens is 492 g/mol. The number of rotatable bonds is 7. The summed E-state index contributed by atoms with van der Waals surface area (Å²) in [5.74, 6) is -0.106. The summed E-state index contributed by atoms with van der Waals surface area (Å²) in [5.41, 5.74) is -2.05. The predicted molar refractivity (Wildman–Crippen MR) is 123 cm³/mol. The third-order valence-corrected chi connectivity index (χ3v) is 6.99. The molecular formula is C21H20ClF2N5O4S. The quantitative estimate of drug-likeness (QED) is 0.466. The molecule has 3 aromatic rings. The summed E-state index contributed by atoms with van der Waals surface area (Å²) in [5, 5.41) is 8.98. The molecule has 13 heteroatoms. The highest BCUT2D eigenvalue weighted by atomic mass is 35.5. The van der Waals surface area contributed by atoms with E-state index in [2.05, 4.69) is 25.2 Å². The molecule has 1 aliphatic rings. The van der Waals surface area contributed by atoms with Gasteiger partial charge in [0.2, 0.25) is 0 Å². The van der Waals surface area contributed by atoms with Crippen molar-refractivity contribution in [1.82, 2.24) is 15.2 Å². The van der Waals surface area contributed by atoms with E-state index in [-0.39, 0.29) is 11.3 Å². The average Bonchev–Trinajstić information content (AvgIpc) is 3.46. The van der Waals surface area contributed by atoms with Crippen LogP contribution in [0.25, 0.3) is 11.3 Å². The Bertz CT molecular complexity index is 1280. The zero-order valence-electron chi connectivity index (χ0n) is 17.8. The Kier molecular flexibility index (Phi) is 6.45. The van der Waals surface area contributed by atoms with Crippen molar-refractivity contribution in [2.24, 2.45) is 0 Å². The Morgan fingerprint density at radius 2 is 2.03 bits per heavy atom. The first-order valence-electron chi connectivity index (χ1n) is 10.1. The minimum Gasteiger partial charge on any atom is -0.420 e. The van der Waals surface area contributed by atoms with Crippen molar-refractivity contribution in [2.45, 2.75) is 17.2 Å². The first kappa shape index (κ1) is 23.9. The van der Waals surface area contributed by atoms with Crippen molar-refractivity contribution >= 4 is 38.9 Å². The second-order valence-corrected chi connectivity index (χ2v) is 10.5. The van der Waals surface area contributed by atoms with Crippen molar-refractivity contribution in [3.63, 3.8) is 0 Å². The molecule has 0 saturated carbocycles. The summed E-state index contributed by atoms with van der Waals surface area (Å²) in [6.07, 6.45) is 4.66. The Labute approximate surface area is 199 Å². The Hall–Kier alpha value is -3.25. The number of ether oxygens (including phenoxy) is 1. The van der Waals surface area contributed by atoms with Crippen molar-refractivity contribution in [3.8, 4) is 17.0 Å². The summed E-state index contributed by atoms with van der Waals surface area (Å²) < 4.78 is 53.7. The summed E-state index contributed by atoms with van der Waals surface area (Å²) in [6.45, 7) is 0.807. The van der Waals surface area contributed by atoms with E-state index < -0.39 is 26.6 Å². The lowest BCUT2D eigenvalue weighted by Gasteiger charge is -2.21. The number of alkyl halides is 3. The van der Waals surface area contributed by atoms with Crippen LogP contribution in [0, 0.1) is 0 Å². The van der Waals surface area contributed by atoms with Crippen LogP contribution in [0.4, 0.5) is 20.3 Å². The molecule has 1 fully saturated rings. The normalized spacial score (nSPS) is 16.5. The lowest BCUT2D eigenvalue weighted by atomic mass is 10.1. The maximum Gasteiger partial charge on any atom is 0.487 e. The van der Waals surface area contributed by atoms with Crippen LogP contribution in [0.2, 0.25) is 0 Å². The Morgan fingerprint density at radius 1 is 1.29 bits per heavy atom. The maximum atomic E-state index is 12.8. The highest BCUT2D eigenvalue weighted by Crippen LogP contribution is 2.32. The van der Waals surface area contributed by atoms with Crippen LogP contribution in [0.5, 0.6) is 5.75 Å². The van der Waals surface area contributed by atoms with Crippen LogP contribution >= 0.6 is 11.6 Å². The number of aromatic amines is 1. The number of halogens is 3. The number of nitrogens with zero attached hydrogens (tertiary/aromatic N) is 3. The Morgan fingerprint density at radius 3 is 2.62 bits per heavy atom. The SMILES string of the molecule is CS(=O)(=O)[C@H]1CCN(c2ncc(C(=O)Nc3ccc(OC(F)(F)Cl)cc3)cc2-c2ccn[nH]2)C1. The van der Waals surface area contributed by atoms with Gasteiger partial charge in [0.05, 0.1) is 16.5 Å². The zero-order chi connectivity index (χ0) is 24.5. The van der Waals surface area contributed by atoms with Gasteiger partial charge in [0.1, 0.15) is 11.6 Å². The lowest BCUT2D eigenvalue weighted by molar-refractivity contribution is -0.0964. The molecule has 0 unspecified atom stereocenters. The molecule has 3 heterocycles. The van der Waals surface area contributed by atoms with E-state index in [0.717, 1.165) is 0 Å². The topological polar surface area (TPSA) is 117 Å². The van der Waals surface area contributed by atoms with Gasteiger partial charge in [0.15, 0.2) is 9.84 Å². The number of hydrogen-bond donors (Lipinski definition) is 2. The van der Waals surface area contributed by atoms with Gasteiger partial charge in [-0.3, -0.25) is 9.89 Å². The van der Waals surface area contributed by atoms with Crippen LogP contribution in [0.1, 0.15) is 16.8 Å². The molecule has 1 aromatic carbocycles. The largest absolute Gasteiger partial charge is 0.487 e. The fourth-order valence-corrected chi connectivity index (χ4v) is 4.72. The average molecular weight is 512 g/mol. The number of carbonyl (C=O) groups excluding carboxylic acids is 1. The second kappa shape index (κ2) is 9.18. The molecule has 4 rings (SSSR count). The third-order valence-electron chi connectivity index (χ3n) is 5.32. The number of nitrogens with one attached hydrogen (secondary N) is 2. The number of aromatic nitrogens is 3. The molecule has 1 aliphatic heterocycles. The highest BCUT2D eigenvalue weighted by molar-refractivity contribution is 7.91. The van der Waals surface area contributed by atoms with E-state index >= 15 is 0 Å². The van der Waals surface area contributed by atoms with Gasteiger partial charge in [-0.05, 0) is 42.8 Å². The van der Waals surface area contributed by atoms with Gasteiger partial charge >= 0.3 is 5.57 Å². The number of H-pyrrole nitrogens is 1. The molecule has 0 radical (unpaired) electrons. The van der Waals surface area contributed by atoms with E-state index in [1.807, 2.05) is 4.90 Å². The number of pyridine rings is 1. The van der Waals surface area contributed by atoms with Crippen molar-refractivity contribution in [3.05, 3.63) is 54.4 Å². The molecule has 0 spiro atoms. The summed E-state index contributed by atoms with van der Waals surface area (Å²) in [6, 6.07) is 8.62. The van der Waals surface area contributed by atoms with Crippen LogP contribution < -0.4 is 15.0 Å². The fourth-order valence-electron chi connectivity index (χ4n) is 3.65. The highest BCUT2D eigenvalue weighted by Gasteiger charge is 2.32. The summed E-state index contributed by atoms with van der Waals surface area (Å²) in [4.78, 5) is 19.1. The maximum absolute atomic E-state index is 12.8. The van der Waals surface area contributed by atoms with Gasteiger partial charge in [0.25, 0.3) is 5.91 Å². The number of anilines is 2. The van der Waals surface area contributed by atoms with Crippen LogP contribution in [-0.4, -0.2) is 59.7 Å². The van der Waals surface area contributed by atoms with E-state index in [0.29, 0.717) is 42.3 Å². The van der Waals surface area contributed by atoms with Crippen molar-refractivity contribution < 1.29 is 26.7 Å². The van der Waals surface area contributed by atoms with Gasteiger partial charge in [-0.1, -0.05) is 0 Å². The number of carbonyl (C=O) groups is 1. The zero-order valence-corrected chi connectivity index (χ0v) is 19.4. The third kappa shape index (κ3) is 5.62. The summed E-state index contributed by atoms with van der Waals surface area (Å²) >= 11 is 4.75. The van der Waals surface area contributed by atoms with Gasteiger partial charge in [-0.25, -0.2) is 13.4 Å². The van der Waals surface area contributed by atoms with E-state index in [4.69, 9.17) is 11.6 Å². The lowest BCUT2D eigenvalue weighted by Crippen LogP contribution is -2.27. The first-order valence-corrected chi connectivity index (χ1v) is 12.4. The van der Waals surface area contributed by atoms with Crippen molar-refractivity contribution in [1.29, 1.82) is 0 Å². The first-order chi connectivity index (χ1) is 16.0. The van der Waals surface area contributed by atoms with Crippen molar-refractivity contribution in [2.75, 3.05) is 29.6 Å². The number of benzene rings is 1. The minimum atomic E-state index is -3.84. The molecule has 9 nitrogen and oxygen atoms in total. The Balaban J connectivity index is 1.56. The molecule has 1 amide bonds. The van der Waals surface area contributed by atoms with Crippen LogP contribution in [-0.2, 0) is 9.84 Å². The van der Waals surface area contributed by atoms with E-state index in [1.54, 1.807) is 18.3 Å². The number of sulfone groups is 1. The summed E-state index contributed by atoms with van der Waals surface area (Å²) in [7, 11) is -3.19. The van der Waals surface area contributed by atoms with Gasteiger partial charge < -0.3 is 15.0 Å². The van der Waals surface area contributed by atoms with E-state index in [1.165, 1.54) is 36.7 Å². The van der Waals surface area contributed by atoms with Crippen LogP contribution in [0.3, 0.4) is 0 Å². The monoisotopic (exact) mass is 511 g/mol. The van der Waals surface area contributed by atoms with Gasteiger partial charge in [0, 0.05) is 54.6 Å². The molecule has 180 valence electrons. The molecule has 2 aromatic heterocycles. The number of hydrogen-bond acceptors (Lipinski definition) is 7. The smallest absolute Gasteiger partial charge is 0.420 e. The van der Waals surface area contributed by atoms with Gasteiger partial charge in [-0.15, -0.1) is 8.78 Å². The minimum absolute atomic E-state index is 0.163. The second-order valence-electron chi connectivity index (χ2n) is 7.78. The molecule has 0 bridgehead atoms. The molecule has 1 atom stereocenters. The van der Waals surface area contributed by atoms with E-state index in [9.17, 15) is 22.0 Å². The molecule has 34 heavy (non-hydrogen) atoms. The fraction of sp³-hybridized carbons (Fsp3) is 0.286. The van der Waals surface area contributed by atoms with Crippen LogP contribution in [0.15, 0.2) is 48.8 Å². The molecule has 1 saturated heterocycles. The number of amides is 1. The molecule has 0 aliphatic carbocycles.